The first-order chi connectivity index (χ1) is 20.4. The van der Waals surface area contributed by atoms with Gasteiger partial charge in [-0.05, 0) is 95.8 Å². The van der Waals surface area contributed by atoms with Crippen molar-refractivity contribution < 1.29 is 28.7 Å². The third-order valence-corrected chi connectivity index (χ3v) is 6.08. The largest absolute Gasteiger partial charge is 0.494 e. The number of aliphatic imine (C=N–C) groups is 4. The molecule has 0 fully saturated rings. The molecule has 0 amide bonds. The van der Waals surface area contributed by atoms with Crippen LogP contribution in [-0.2, 0) is 19.2 Å². The maximum absolute atomic E-state index is 10.4. The highest BCUT2D eigenvalue weighted by Crippen LogP contribution is 2.36. The van der Waals surface area contributed by atoms with E-state index in [1.165, 1.54) is 26.4 Å². The topological polar surface area (TPSA) is 136 Å². The predicted molar refractivity (Wildman–Crippen MR) is 157 cm³/mol. The highest BCUT2D eigenvalue weighted by atomic mass is 16.5. The third-order valence-electron chi connectivity index (χ3n) is 6.08. The smallest absolute Gasteiger partial charge is 0.240 e. The van der Waals surface area contributed by atoms with E-state index in [4.69, 9.17) is 9.47 Å². The molecule has 0 unspecified atom stereocenters. The van der Waals surface area contributed by atoms with Gasteiger partial charge in [0.25, 0.3) is 0 Å². The molecule has 0 atom stereocenters. The minimum atomic E-state index is 0.399. The van der Waals surface area contributed by atoms with Crippen LogP contribution in [0.3, 0.4) is 0 Å². The molecule has 0 aliphatic heterocycles. The molecular weight excluding hydrogens is 536 g/mol. The molecule has 0 aromatic heterocycles. The van der Waals surface area contributed by atoms with Crippen LogP contribution in [0.25, 0.3) is 22.3 Å². The van der Waals surface area contributed by atoms with Crippen molar-refractivity contribution in [2.24, 2.45) is 20.0 Å². The first-order valence-corrected chi connectivity index (χ1v) is 12.3. The lowest BCUT2D eigenvalue weighted by molar-refractivity contribution is 0.415. The Morgan fingerprint density at radius 1 is 0.452 bits per heavy atom. The van der Waals surface area contributed by atoms with E-state index >= 15 is 0 Å². The van der Waals surface area contributed by atoms with Gasteiger partial charge in [-0.15, -0.1) is 0 Å². The Hall–Kier alpha value is -6.00. The van der Waals surface area contributed by atoms with E-state index in [2.05, 4.69) is 20.0 Å². The molecule has 208 valence electrons. The van der Waals surface area contributed by atoms with Crippen LogP contribution in [0.15, 0.2) is 92.8 Å². The normalized spacial score (nSPS) is 9.43. The van der Waals surface area contributed by atoms with Gasteiger partial charge in [-0.1, -0.05) is 24.3 Å². The Labute approximate surface area is 241 Å². The number of rotatable bonds is 8. The quantitative estimate of drug-likeness (QED) is 0.165. The van der Waals surface area contributed by atoms with Gasteiger partial charge in [-0.25, -0.2) is 19.2 Å². The van der Waals surface area contributed by atoms with Gasteiger partial charge in [0.2, 0.25) is 24.3 Å². The number of benzene rings is 4. The molecule has 0 saturated carbocycles. The number of nitrogens with zero attached hydrogens (tertiary/aromatic N) is 4. The van der Waals surface area contributed by atoms with Gasteiger partial charge in [-0.3, -0.25) is 0 Å². The average molecular weight is 561 g/mol. The molecule has 0 saturated heterocycles. The second-order valence-corrected chi connectivity index (χ2v) is 8.59. The van der Waals surface area contributed by atoms with Gasteiger partial charge in [-0.2, -0.15) is 20.0 Å². The van der Waals surface area contributed by atoms with E-state index in [-0.39, 0.29) is 0 Å². The molecule has 0 radical (unpaired) electrons. The van der Waals surface area contributed by atoms with Gasteiger partial charge in [0.15, 0.2) is 0 Å². The van der Waals surface area contributed by atoms with Gasteiger partial charge in [0.05, 0.1) is 25.6 Å². The highest BCUT2D eigenvalue weighted by Gasteiger charge is 2.09. The standard InChI is InChI=1S/C16H12N2O4.C16H12N2O2/c1-21-15-7-11(3-5-13(15)17-9-19)12-4-6-14(18-10-20)16(8-12)22-2;1-11-7-13(3-5-15(11)17-9-19)14-4-6-16(18-10-20)12(2)8-14/h3-8H,1-2H3;3-8H,1-2H3. The molecule has 42 heavy (non-hydrogen) atoms. The van der Waals surface area contributed by atoms with Crippen molar-refractivity contribution in [3.8, 4) is 33.8 Å². The molecule has 0 bridgehead atoms. The van der Waals surface area contributed by atoms with Gasteiger partial charge >= 0.3 is 0 Å². The van der Waals surface area contributed by atoms with E-state index in [1.54, 1.807) is 60.7 Å². The van der Waals surface area contributed by atoms with Crippen LogP contribution < -0.4 is 9.47 Å². The summed E-state index contributed by atoms with van der Waals surface area (Å²) in [6.45, 7) is 3.77. The summed E-state index contributed by atoms with van der Waals surface area (Å²) in [6.07, 6.45) is 6.05. The van der Waals surface area contributed by atoms with Crippen LogP contribution in [0.4, 0.5) is 22.7 Å². The maximum atomic E-state index is 10.4. The van der Waals surface area contributed by atoms with E-state index in [0.29, 0.717) is 34.2 Å². The fourth-order valence-electron chi connectivity index (χ4n) is 4.02. The molecule has 0 heterocycles. The van der Waals surface area contributed by atoms with Crippen molar-refractivity contribution in [2.45, 2.75) is 13.8 Å². The Kier molecular flexibility index (Phi) is 10.9. The van der Waals surface area contributed by atoms with E-state index in [9.17, 15) is 19.2 Å². The van der Waals surface area contributed by atoms with E-state index in [0.717, 1.165) is 33.4 Å². The number of isocyanates is 4. The number of methoxy groups -OCH3 is 2. The van der Waals surface area contributed by atoms with Crippen molar-refractivity contribution in [3.05, 3.63) is 83.9 Å². The summed E-state index contributed by atoms with van der Waals surface area (Å²) in [4.78, 5) is 55.7. The number of ether oxygens (including phenoxy) is 2. The average Bonchev–Trinajstić information content (AvgIpc) is 3.00. The van der Waals surface area contributed by atoms with Crippen LogP contribution in [0.5, 0.6) is 11.5 Å². The zero-order valence-electron chi connectivity index (χ0n) is 23.2. The first-order valence-electron chi connectivity index (χ1n) is 12.3. The first kappa shape index (κ1) is 30.5. The molecule has 4 aromatic rings. The van der Waals surface area contributed by atoms with E-state index in [1.807, 2.05) is 38.1 Å². The zero-order chi connectivity index (χ0) is 30.5. The molecule has 4 aromatic carbocycles. The lowest BCUT2D eigenvalue weighted by atomic mass is 10.00. The summed E-state index contributed by atoms with van der Waals surface area (Å²) in [5.74, 6) is 0.907. The summed E-state index contributed by atoms with van der Waals surface area (Å²) in [5, 5.41) is 0. The summed E-state index contributed by atoms with van der Waals surface area (Å²) in [6, 6.07) is 21.6. The molecule has 4 rings (SSSR count). The van der Waals surface area contributed by atoms with E-state index < -0.39 is 0 Å². The van der Waals surface area contributed by atoms with Crippen LogP contribution >= 0.6 is 0 Å². The minimum absolute atomic E-state index is 0.399. The van der Waals surface area contributed by atoms with Crippen molar-refractivity contribution in [1.29, 1.82) is 0 Å². The fourth-order valence-corrected chi connectivity index (χ4v) is 4.02. The maximum Gasteiger partial charge on any atom is 0.240 e. The van der Waals surface area contributed by atoms with Crippen LogP contribution in [-0.4, -0.2) is 38.5 Å². The van der Waals surface area contributed by atoms with Crippen molar-refractivity contribution in [2.75, 3.05) is 14.2 Å². The molecule has 0 spiro atoms. The van der Waals surface area contributed by atoms with Crippen LogP contribution in [0, 0.1) is 13.8 Å². The Balaban J connectivity index is 0.000000231. The minimum Gasteiger partial charge on any atom is -0.494 e. The summed E-state index contributed by atoms with van der Waals surface area (Å²) in [7, 11) is 2.98. The molecular formula is C32H24N4O6. The van der Waals surface area contributed by atoms with Gasteiger partial charge < -0.3 is 9.47 Å². The Morgan fingerprint density at radius 2 is 0.738 bits per heavy atom. The van der Waals surface area contributed by atoms with Crippen molar-refractivity contribution in [1.82, 2.24) is 0 Å². The molecule has 10 nitrogen and oxygen atoms in total. The second kappa shape index (κ2) is 15.0. The van der Waals surface area contributed by atoms with Crippen LogP contribution in [0.1, 0.15) is 11.1 Å². The number of hydrogen-bond acceptors (Lipinski definition) is 10. The molecule has 0 aliphatic carbocycles. The molecule has 10 heteroatoms. The monoisotopic (exact) mass is 560 g/mol. The summed E-state index contributed by atoms with van der Waals surface area (Å²) >= 11 is 0. The Bertz CT molecular complexity index is 1680. The summed E-state index contributed by atoms with van der Waals surface area (Å²) in [5.41, 5.74) is 7.52. The predicted octanol–water partition coefficient (Wildman–Crippen LogP) is 7.21. The lowest BCUT2D eigenvalue weighted by Crippen LogP contribution is -1.87. The fraction of sp³-hybridized carbons (Fsp3) is 0.125. The second-order valence-electron chi connectivity index (χ2n) is 8.59. The third kappa shape index (κ3) is 7.56. The Morgan fingerprint density at radius 3 is 1.02 bits per heavy atom. The summed E-state index contributed by atoms with van der Waals surface area (Å²) < 4.78 is 10.4. The highest BCUT2D eigenvalue weighted by molar-refractivity contribution is 5.75. The lowest BCUT2D eigenvalue weighted by Gasteiger charge is -2.09. The zero-order valence-corrected chi connectivity index (χ0v) is 23.2. The van der Waals surface area contributed by atoms with Crippen molar-refractivity contribution in [3.63, 3.8) is 0 Å². The van der Waals surface area contributed by atoms with Crippen molar-refractivity contribution >= 4 is 47.1 Å². The van der Waals surface area contributed by atoms with Crippen LogP contribution in [0.2, 0.25) is 0 Å². The number of aryl methyl sites for hydroxylation is 2. The number of hydrogen-bond donors (Lipinski definition) is 0. The number of carbonyl (C=O) groups excluding carboxylic acids is 4. The van der Waals surface area contributed by atoms with Gasteiger partial charge in [0, 0.05) is 0 Å². The molecule has 0 aliphatic rings. The SMILES string of the molecule is COc1cc(-c2ccc(N=C=O)c(OC)c2)ccc1N=C=O.Cc1cc(-c2ccc(N=C=O)c(C)c2)ccc1N=C=O. The van der Waals surface area contributed by atoms with Gasteiger partial charge in [0.1, 0.15) is 22.9 Å². The molecule has 0 N–H and O–H groups in total.